The van der Waals surface area contributed by atoms with Crippen LogP contribution in [0.25, 0.3) is 22.2 Å². The van der Waals surface area contributed by atoms with Gasteiger partial charge in [-0.2, -0.15) is 13.2 Å². The SMILES string of the molecule is CN(C)c1ccc(-c2[nH]c3c(C(F)(F)F)cc(Cl)cc3c2CCCCN)cc1. The van der Waals surface area contributed by atoms with E-state index in [1.54, 1.807) is 6.07 Å². The van der Waals surface area contributed by atoms with Crippen LogP contribution in [0.1, 0.15) is 24.0 Å². The molecule has 2 aromatic carbocycles. The number of benzene rings is 2. The highest BCUT2D eigenvalue weighted by Gasteiger charge is 2.34. The summed E-state index contributed by atoms with van der Waals surface area (Å²) in [5.41, 5.74) is 8.33. The third-order valence-corrected chi connectivity index (χ3v) is 5.06. The molecule has 0 amide bonds. The van der Waals surface area contributed by atoms with Crippen molar-refractivity contribution in [1.82, 2.24) is 4.98 Å². The van der Waals surface area contributed by atoms with Crippen LogP contribution in [-0.4, -0.2) is 25.6 Å². The second-order valence-electron chi connectivity index (χ2n) is 7.04. The lowest BCUT2D eigenvalue weighted by Crippen LogP contribution is -2.08. The number of fused-ring (bicyclic) bond motifs is 1. The zero-order chi connectivity index (χ0) is 20.5. The average Bonchev–Trinajstić information content (AvgIpc) is 2.99. The number of aryl methyl sites for hydroxylation is 1. The Hall–Kier alpha value is -2.18. The van der Waals surface area contributed by atoms with Crippen LogP contribution in [0.5, 0.6) is 0 Å². The predicted octanol–water partition coefficient (Wildman–Crippen LogP) is 5.85. The highest BCUT2D eigenvalue weighted by Crippen LogP contribution is 2.41. The van der Waals surface area contributed by atoms with Crippen LogP contribution in [0, 0.1) is 0 Å². The molecule has 0 bridgehead atoms. The molecule has 3 nitrogen and oxygen atoms in total. The molecule has 7 heteroatoms. The fourth-order valence-corrected chi connectivity index (χ4v) is 3.63. The summed E-state index contributed by atoms with van der Waals surface area (Å²) >= 11 is 6.03. The van der Waals surface area contributed by atoms with Gasteiger partial charge in [0, 0.05) is 35.9 Å². The van der Waals surface area contributed by atoms with E-state index in [1.165, 1.54) is 0 Å². The molecule has 3 rings (SSSR count). The van der Waals surface area contributed by atoms with Crippen molar-refractivity contribution < 1.29 is 13.2 Å². The number of anilines is 1. The van der Waals surface area contributed by atoms with Crippen molar-refractivity contribution in [3.05, 3.63) is 52.5 Å². The molecule has 0 radical (unpaired) electrons. The maximum atomic E-state index is 13.6. The monoisotopic (exact) mass is 409 g/mol. The van der Waals surface area contributed by atoms with Gasteiger partial charge in [0.15, 0.2) is 0 Å². The molecule has 28 heavy (non-hydrogen) atoms. The van der Waals surface area contributed by atoms with E-state index in [4.69, 9.17) is 17.3 Å². The van der Waals surface area contributed by atoms with Crippen LogP contribution in [0.15, 0.2) is 36.4 Å². The summed E-state index contributed by atoms with van der Waals surface area (Å²) in [4.78, 5) is 5.01. The minimum Gasteiger partial charge on any atom is -0.378 e. The zero-order valence-electron chi connectivity index (χ0n) is 15.8. The number of aromatic nitrogens is 1. The van der Waals surface area contributed by atoms with Gasteiger partial charge in [-0.05, 0) is 61.2 Å². The normalized spacial score (nSPS) is 12.0. The predicted molar refractivity (Wildman–Crippen MR) is 110 cm³/mol. The summed E-state index contributed by atoms with van der Waals surface area (Å²) < 4.78 is 40.8. The third-order valence-electron chi connectivity index (χ3n) is 4.84. The van der Waals surface area contributed by atoms with Crippen molar-refractivity contribution in [1.29, 1.82) is 0 Å². The summed E-state index contributed by atoms with van der Waals surface area (Å²) in [5, 5.41) is 0.594. The molecule has 0 fully saturated rings. The minimum atomic E-state index is -4.49. The molecule has 3 N–H and O–H groups in total. The Morgan fingerprint density at radius 1 is 1.07 bits per heavy atom. The van der Waals surface area contributed by atoms with Crippen molar-refractivity contribution in [2.24, 2.45) is 5.73 Å². The standard InChI is InChI=1S/C21H23ClF3N3/c1-28(2)15-8-6-13(7-9-15)19-16(5-3-4-10-26)17-11-14(22)12-18(20(17)27-19)21(23,24)25/h6-9,11-12,27H,3-5,10,26H2,1-2H3. The molecule has 150 valence electrons. The molecule has 0 saturated carbocycles. The van der Waals surface area contributed by atoms with Gasteiger partial charge in [0.25, 0.3) is 0 Å². The van der Waals surface area contributed by atoms with E-state index in [9.17, 15) is 13.2 Å². The van der Waals surface area contributed by atoms with Crippen molar-refractivity contribution in [2.75, 3.05) is 25.5 Å². The minimum absolute atomic E-state index is 0.0753. The molecule has 0 saturated heterocycles. The Morgan fingerprint density at radius 3 is 2.32 bits per heavy atom. The van der Waals surface area contributed by atoms with E-state index in [0.29, 0.717) is 24.0 Å². The molecule has 1 aromatic heterocycles. The highest BCUT2D eigenvalue weighted by molar-refractivity contribution is 6.31. The first kappa shape index (κ1) is 20.6. The Balaban J connectivity index is 2.21. The molecule has 0 unspecified atom stereocenters. The number of aromatic amines is 1. The lowest BCUT2D eigenvalue weighted by Gasteiger charge is -2.13. The smallest absolute Gasteiger partial charge is 0.378 e. The van der Waals surface area contributed by atoms with Gasteiger partial charge >= 0.3 is 6.18 Å². The quantitative estimate of drug-likeness (QED) is 0.501. The first-order valence-corrected chi connectivity index (χ1v) is 9.49. The van der Waals surface area contributed by atoms with Crippen molar-refractivity contribution in [3.8, 4) is 11.3 Å². The lowest BCUT2D eigenvalue weighted by atomic mass is 9.99. The molecule has 0 aliphatic rings. The maximum absolute atomic E-state index is 13.6. The molecular formula is C21H23ClF3N3. The Morgan fingerprint density at radius 2 is 1.75 bits per heavy atom. The second kappa shape index (κ2) is 8.05. The van der Waals surface area contributed by atoms with E-state index in [0.717, 1.165) is 35.7 Å². The lowest BCUT2D eigenvalue weighted by molar-refractivity contribution is -0.136. The van der Waals surface area contributed by atoms with Gasteiger partial charge in [0.05, 0.1) is 11.1 Å². The molecule has 0 aliphatic heterocycles. The van der Waals surface area contributed by atoms with Crippen LogP contribution < -0.4 is 10.6 Å². The Labute approximate surface area is 167 Å². The number of nitrogens with two attached hydrogens (primary N) is 1. The number of hydrogen-bond donors (Lipinski definition) is 2. The van der Waals surface area contributed by atoms with E-state index >= 15 is 0 Å². The number of unbranched alkanes of at least 4 members (excludes halogenated alkanes) is 1. The molecule has 0 atom stereocenters. The van der Waals surface area contributed by atoms with Crippen LogP contribution in [0.2, 0.25) is 5.02 Å². The van der Waals surface area contributed by atoms with Crippen molar-refractivity contribution in [2.45, 2.75) is 25.4 Å². The van der Waals surface area contributed by atoms with Crippen molar-refractivity contribution in [3.63, 3.8) is 0 Å². The van der Waals surface area contributed by atoms with E-state index in [1.807, 2.05) is 43.3 Å². The average molecular weight is 410 g/mol. The van der Waals surface area contributed by atoms with Gasteiger partial charge in [-0.1, -0.05) is 23.7 Å². The fourth-order valence-electron chi connectivity index (χ4n) is 3.42. The van der Waals surface area contributed by atoms with Gasteiger partial charge in [-0.25, -0.2) is 0 Å². The number of H-pyrrole nitrogens is 1. The first-order chi connectivity index (χ1) is 13.2. The fraction of sp³-hybridized carbons (Fsp3) is 0.333. The van der Waals surface area contributed by atoms with Crippen LogP contribution >= 0.6 is 11.6 Å². The van der Waals surface area contributed by atoms with E-state index in [-0.39, 0.29) is 10.5 Å². The molecule has 3 aromatic rings. The van der Waals surface area contributed by atoms with Gasteiger partial charge in [-0.15, -0.1) is 0 Å². The largest absolute Gasteiger partial charge is 0.418 e. The zero-order valence-corrected chi connectivity index (χ0v) is 16.6. The summed E-state index contributed by atoms with van der Waals surface area (Å²) in [5.74, 6) is 0. The summed E-state index contributed by atoms with van der Waals surface area (Å²) in [6.45, 7) is 0.545. The number of hydrogen-bond acceptors (Lipinski definition) is 2. The Kier molecular flexibility index (Phi) is 5.91. The molecule has 0 aliphatic carbocycles. The first-order valence-electron chi connectivity index (χ1n) is 9.11. The molecule has 0 spiro atoms. The van der Waals surface area contributed by atoms with Gasteiger partial charge in [0.2, 0.25) is 0 Å². The number of rotatable bonds is 6. The van der Waals surface area contributed by atoms with Gasteiger partial charge < -0.3 is 15.6 Å². The van der Waals surface area contributed by atoms with Crippen LogP contribution in [0.3, 0.4) is 0 Å². The number of nitrogens with zero attached hydrogens (tertiary/aromatic N) is 1. The van der Waals surface area contributed by atoms with Crippen molar-refractivity contribution >= 4 is 28.2 Å². The van der Waals surface area contributed by atoms with E-state index < -0.39 is 11.7 Å². The number of halogens is 4. The maximum Gasteiger partial charge on any atom is 0.418 e. The summed E-state index contributed by atoms with van der Waals surface area (Å²) in [6.07, 6.45) is -2.27. The molecule has 1 heterocycles. The Bertz CT molecular complexity index is 960. The highest BCUT2D eigenvalue weighted by atomic mass is 35.5. The van der Waals surface area contributed by atoms with E-state index in [2.05, 4.69) is 4.98 Å². The van der Waals surface area contributed by atoms with Gasteiger partial charge in [-0.3, -0.25) is 0 Å². The second-order valence-corrected chi connectivity index (χ2v) is 7.48. The molecular weight excluding hydrogens is 387 g/mol. The number of nitrogens with one attached hydrogen (secondary N) is 1. The summed E-state index contributed by atoms with van der Waals surface area (Å²) in [7, 11) is 3.88. The number of alkyl halides is 3. The van der Waals surface area contributed by atoms with Crippen LogP contribution in [-0.2, 0) is 12.6 Å². The van der Waals surface area contributed by atoms with Gasteiger partial charge in [0.1, 0.15) is 0 Å². The topological polar surface area (TPSA) is 45.0 Å². The third kappa shape index (κ3) is 4.13. The summed E-state index contributed by atoms with van der Waals surface area (Å²) in [6, 6.07) is 10.3. The van der Waals surface area contributed by atoms with Crippen LogP contribution in [0.4, 0.5) is 18.9 Å².